The Bertz CT molecular complexity index is 564. The van der Waals surface area contributed by atoms with Gasteiger partial charge in [-0.05, 0) is 47.7 Å². The fraction of sp³-hybridized carbons (Fsp3) is 0.188. The molecular weight excluding hydrogens is 292 g/mol. The van der Waals surface area contributed by atoms with Crippen molar-refractivity contribution in [1.82, 2.24) is 0 Å². The number of carbonyl (C=O) groups is 1. The van der Waals surface area contributed by atoms with Crippen LogP contribution in [-0.4, -0.2) is 10.9 Å². The molecule has 0 heterocycles. The van der Waals surface area contributed by atoms with Gasteiger partial charge in [-0.15, -0.1) is 0 Å². The second kappa shape index (κ2) is 7.36. The smallest absolute Gasteiger partial charge is 0.193 e. The summed E-state index contributed by atoms with van der Waals surface area (Å²) in [5.41, 5.74) is 0.999. The third-order valence-corrected chi connectivity index (χ3v) is 3.63. The van der Waals surface area contributed by atoms with E-state index >= 15 is 0 Å². The van der Waals surface area contributed by atoms with Crippen molar-refractivity contribution in [1.29, 1.82) is 0 Å². The molecule has 0 unspecified atom stereocenters. The summed E-state index contributed by atoms with van der Waals surface area (Å²) >= 11 is 7.17. The Morgan fingerprint density at radius 3 is 2.15 bits per heavy atom. The zero-order chi connectivity index (χ0) is 14.4. The third kappa shape index (κ3) is 4.58. The fourth-order valence-electron chi connectivity index (χ4n) is 1.69. The van der Waals surface area contributed by atoms with E-state index < -0.39 is 0 Å². The van der Waals surface area contributed by atoms with Gasteiger partial charge in [0, 0.05) is 11.4 Å². The monoisotopic (exact) mass is 306 g/mol. The standard InChI is InChI=1S/C16H15ClO2S/c1-2-20-16(18)11-12-3-7-14(8-4-12)19-15-9-5-13(17)6-10-15/h3-10H,2,11H2,1H3. The number of benzene rings is 2. The summed E-state index contributed by atoms with van der Waals surface area (Å²) in [4.78, 5) is 11.5. The molecule has 2 rings (SSSR count). The molecule has 2 aromatic carbocycles. The molecular formula is C16H15ClO2S. The van der Waals surface area contributed by atoms with Crippen molar-refractivity contribution in [3.8, 4) is 11.5 Å². The van der Waals surface area contributed by atoms with E-state index in [4.69, 9.17) is 16.3 Å². The molecule has 0 atom stereocenters. The van der Waals surface area contributed by atoms with E-state index in [0.717, 1.165) is 22.8 Å². The summed E-state index contributed by atoms with van der Waals surface area (Å²) in [5, 5.41) is 0.874. The van der Waals surface area contributed by atoms with Gasteiger partial charge in [0.15, 0.2) is 5.12 Å². The number of hydrogen-bond donors (Lipinski definition) is 0. The Labute approximate surface area is 128 Å². The Balaban J connectivity index is 1.97. The summed E-state index contributed by atoms with van der Waals surface area (Å²) in [6.07, 6.45) is 0.458. The van der Waals surface area contributed by atoms with Crippen LogP contribution < -0.4 is 4.74 Å². The summed E-state index contributed by atoms with van der Waals surface area (Å²) in [6, 6.07) is 14.8. The van der Waals surface area contributed by atoms with Gasteiger partial charge in [-0.25, -0.2) is 0 Å². The Morgan fingerprint density at radius 2 is 1.60 bits per heavy atom. The number of thioether (sulfide) groups is 1. The first kappa shape index (κ1) is 14.9. The van der Waals surface area contributed by atoms with E-state index in [2.05, 4.69) is 0 Å². The summed E-state index contributed by atoms with van der Waals surface area (Å²) in [5.74, 6) is 2.29. The van der Waals surface area contributed by atoms with Crippen LogP contribution >= 0.6 is 23.4 Å². The van der Waals surface area contributed by atoms with Crippen LogP contribution in [0.5, 0.6) is 11.5 Å². The van der Waals surface area contributed by atoms with Crippen LogP contribution in [-0.2, 0) is 11.2 Å². The van der Waals surface area contributed by atoms with Crippen LogP contribution in [0.25, 0.3) is 0 Å². The molecule has 2 nitrogen and oxygen atoms in total. The van der Waals surface area contributed by atoms with Gasteiger partial charge >= 0.3 is 0 Å². The number of rotatable bonds is 5. The van der Waals surface area contributed by atoms with Gasteiger partial charge in [0.25, 0.3) is 0 Å². The molecule has 2 aromatic rings. The minimum atomic E-state index is 0.193. The number of hydrogen-bond acceptors (Lipinski definition) is 3. The van der Waals surface area contributed by atoms with Gasteiger partial charge in [0.1, 0.15) is 11.5 Å². The van der Waals surface area contributed by atoms with Crippen molar-refractivity contribution < 1.29 is 9.53 Å². The zero-order valence-electron chi connectivity index (χ0n) is 11.1. The van der Waals surface area contributed by atoms with Crippen LogP contribution in [0.15, 0.2) is 48.5 Å². The van der Waals surface area contributed by atoms with E-state index in [9.17, 15) is 4.79 Å². The molecule has 4 heteroatoms. The molecule has 0 spiro atoms. The first-order valence-corrected chi connectivity index (χ1v) is 7.71. The van der Waals surface area contributed by atoms with E-state index in [1.54, 1.807) is 12.1 Å². The highest BCUT2D eigenvalue weighted by atomic mass is 35.5. The SMILES string of the molecule is CCSC(=O)Cc1ccc(Oc2ccc(Cl)cc2)cc1. The van der Waals surface area contributed by atoms with E-state index in [1.807, 2.05) is 43.3 Å². The average molecular weight is 307 g/mol. The second-order valence-electron chi connectivity index (χ2n) is 4.18. The maximum atomic E-state index is 11.5. The maximum absolute atomic E-state index is 11.5. The maximum Gasteiger partial charge on any atom is 0.193 e. The Kier molecular flexibility index (Phi) is 5.50. The molecule has 0 saturated carbocycles. The second-order valence-corrected chi connectivity index (χ2v) is 5.94. The summed E-state index contributed by atoms with van der Waals surface area (Å²) in [6.45, 7) is 1.98. The highest BCUT2D eigenvalue weighted by molar-refractivity contribution is 8.13. The number of ether oxygens (including phenoxy) is 1. The lowest BCUT2D eigenvalue weighted by Gasteiger charge is -2.06. The van der Waals surface area contributed by atoms with E-state index in [1.165, 1.54) is 11.8 Å². The summed E-state index contributed by atoms with van der Waals surface area (Å²) < 4.78 is 5.69. The fourth-order valence-corrected chi connectivity index (χ4v) is 2.41. The predicted octanol–water partition coefficient (Wildman–Crippen LogP) is 4.95. The average Bonchev–Trinajstić information content (AvgIpc) is 2.44. The van der Waals surface area contributed by atoms with Crippen LogP contribution in [0.4, 0.5) is 0 Å². The van der Waals surface area contributed by atoms with Crippen molar-refractivity contribution >= 4 is 28.5 Å². The van der Waals surface area contributed by atoms with E-state index in [-0.39, 0.29) is 5.12 Å². The van der Waals surface area contributed by atoms with E-state index in [0.29, 0.717) is 11.4 Å². The van der Waals surface area contributed by atoms with Gasteiger partial charge in [-0.3, -0.25) is 4.79 Å². The Morgan fingerprint density at radius 1 is 1.05 bits per heavy atom. The minimum absolute atomic E-state index is 0.193. The lowest BCUT2D eigenvalue weighted by Crippen LogP contribution is -1.97. The normalized spacial score (nSPS) is 10.3. The van der Waals surface area contributed by atoms with Gasteiger partial charge < -0.3 is 4.74 Å². The molecule has 0 bridgehead atoms. The Hall–Kier alpha value is -1.45. The molecule has 0 radical (unpaired) electrons. The van der Waals surface area contributed by atoms with Gasteiger partial charge in [0.2, 0.25) is 0 Å². The molecule has 20 heavy (non-hydrogen) atoms. The molecule has 0 aliphatic carbocycles. The van der Waals surface area contributed by atoms with Gasteiger partial charge in [-0.1, -0.05) is 42.4 Å². The van der Waals surface area contributed by atoms with Crippen LogP contribution in [0.1, 0.15) is 12.5 Å². The van der Waals surface area contributed by atoms with Crippen LogP contribution in [0.2, 0.25) is 5.02 Å². The molecule has 0 N–H and O–H groups in total. The highest BCUT2D eigenvalue weighted by Gasteiger charge is 2.04. The van der Waals surface area contributed by atoms with Crippen LogP contribution in [0, 0.1) is 0 Å². The number of carbonyl (C=O) groups excluding carboxylic acids is 1. The van der Waals surface area contributed by atoms with Gasteiger partial charge in [-0.2, -0.15) is 0 Å². The topological polar surface area (TPSA) is 26.3 Å². The summed E-state index contributed by atoms with van der Waals surface area (Å²) in [7, 11) is 0. The van der Waals surface area contributed by atoms with Crippen molar-refractivity contribution in [2.24, 2.45) is 0 Å². The first-order valence-electron chi connectivity index (χ1n) is 6.35. The molecule has 0 amide bonds. The lowest BCUT2D eigenvalue weighted by molar-refractivity contribution is -0.110. The van der Waals surface area contributed by atoms with Crippen LogP contribution in [0.3, 0.4) is 0 Å². The molecule has 0 aliphatic heterocycles. The largest absolute Gasteiger partial charge is 0.457 e. The zero-order valence-corrected chi connectivity index (χ0v) is 12.7. The molecule has 0 aliphatic rings. The quantitative estimate of drug-likeness (QED) is 0.781. The molecule has 104 valence electrons. The van der Waals surface area contributed by atoms with Crippen molar-refractivity contribution in [2.75, 3.05) is 5.75 Å². The molecule has 0 aromatic heterocycles. The minimum Gasteiger partial charge on any atom is -0.457 e. The molecule has 0 saturated heterocycles. The van der Waals surface area contributed by atoms with Crippen molar-refractivity contribution in [3.63, 3.8) is 0 Å². The third-order valence-electron chi connectivity index (χ3n) is 2.63. The predicted molar refractivity (Wildman–Crippen MR) is 84.8 cm³/mol. The highest BCUT2D eigenvalue weighted by Crippen LogP contribution is 2.23. The van der Waals surface area contributed by atoms with Crippen molar-refractivity contribution in [3.05, 3.63) is 59.1 Å². The van der Waals surface area contributed by atoms with Gasteiger partial charge in [0.05, 0.1) is 0 Å². The number of halogens is 1. The molecule has 0 fully saturated rings. The lowest BCUT2D eigenvalue weighted by atomic mass is 10.1. The first-order chi connectivity index (χ1) is 9.67. The van der Waals surface area contributed by atoms with Crippen molar-refractivity contribution in [2.45, 2.75) is 13.3 Å².